The first-order valence-corrected chi connectivity index (χ1v) is 14.8. The summed E-state index contributed by atoms with van der Waals surface area (Å²) in [7, 11) is 2.09. The summed E-state index contributed by atoms with van der Waals surface area (Å²) in [6.45, 7) is 8.98. The van der Waals surface area contributed by atoms with Crippen molar-refractivity contribution >= 4 is 28.2 Å². The highest BCUT2D eigenvalue weighted by Crippen LogP contribution is 2.35. The van der Waals surface area contributed by atoms with Crippen LogP contribution in [0.1, 0.15) is 37.4 Å². The smallest absolute Gasteiger partial charge is 0.318 e. The van der Waals surface area contributed by atoms with E-state index >= 15 is 0 Å². The molecule has 0 N–H and O–H groups in total. The molecule has 0 bridgehead atoms. The quantitative estimate of drug-likeness (QED) is 0.376. The summed E-state index contributed by atoms with van der Waals surface area (Å²) in [6, 6.07) is 2.74. The van der Waals surface area contributed by atoms with Gasteiger partial charge < -0.3 is 24.3 Å². The second-order valence-corrected chi connectivity index (χ2v) is 11.6. The monoisotopic (exact) mass is 595 g/mol. The maximum atomic E-state index is 14.3. The fourth-order valence-corrected chi connectivity index (χ4v) is 6.50. The Morgan fingerprint density at radius 2 is 1.88 bits per heavy atom. The fraction of sp³-hybridized carbons (Fsp3) is 0.484. The topological polar surface area (TPSA) is 77.9 Å². The van der Waals surface area contributed by atoms with Crippen LogP contribution in [-0.2, 0) is 17.8 Å². The number of aromatic nitrogens is 3. The summed E-state index contributed by atoms with van der Waals surface area (Å²) in [5.41, 5.74) is 2.47. The van der Waals surface area contributed by atoms with Crippen LogP contribution in [0, 0.1) is 11.6 Å². The standard InChI is InChI=1S/C31H36F3N7O2/c1-4-21-16-40(10-11-41(21)30(42)19(2)32)29-23-7-9-39(28-15-35-14-20-12-25(33)26(34)13-24(20)28)17-27(23)36-31(37-29)43-18-22-6-5-8-38(22)3/h12-15,21-22H,2,4-11,16-18H2,1,3H3/t21-,22-/m0/s1. The van der Waals surface area contributed by atoms with Gasteiger partial charge >= 0.3 is 6.01 Å². The highest BCUT2D eigenvalue weighted by Gasteiger charge is 2.34. The molecule has 6 rings (SSSR count). The molecule has 5 heterocycles. The van der Waals surface area contributed by atoms with Crippen molar-refractivity contribution in [2.45, 2.75) is 51.2 Å². The molecule has 228 valence electrons. The first-order chi connectivity index (χ1) is 20.7. The van der Waals surface area contributed by atoms with Crippen LogP contribution >= 0.6 is 0 Å². The molecule has 2 atom stereocenters. The maximum Gasteiger partial charge on any atom is 0.318 e. The predicted molar refractivity (Wildman–Crippen MR) is 158 cm³/mol. The van der Waals surface area contributed by atoms with Crippen molar-refractivity contribution in [1.29, 1.82) is 0 Å². The number of nitrogens with zero attached hydrogens (tertiary/aromatic N) is 7. The van der Waals surface area contributed by atoms with Crippen LogP contribution in [0.4, 0.5) is 24.7 Å². The lowest BCUT2D eigenvalue weighted by atomic mass is 10.0. The Kier molecular flexibility index (Phi) is 8.13. The van der Waals surface area contributed by atoms with Gasteiger partial charge in [0.15, 0.2) is 17.5 Å². The average molecular weight is 596 g/mol. The largest absolute Gasteiger partial charge is 0.462 e. The fourth-order valence-electron chi connectivity index (χ4n) is 6.50. The summed E-state index contributed by atoms with van der Waals surface area (Å²) in [6.07, 6.45) is 6.61. The highest BCUT2D eigenvalue weighted by atomic mass is 19.2. The first kappa shape index (κ1) is 29.2. The number of fused-ring (bicyclic) bond motifs is 2. The zero-order chi connectivity index (χ0) is 30.2. The lowest BCUT2D eigenvalue weighted by Gasteiger charge is -2.42. The average Bonchev–Trinajstić information content (AvgIpc) is 3.43. The number of carbonyl (C=O) groups is 1. The Morgan fingerprint density at radius 3 is 2.63 bits per heavy atom. The van der Waals surface area contributed by atoms with Crippen LogP contribution in [-0.4, -0.2) is 89.1 Å². The minimum atomic E-state index is -0.954. The van der Waals surface area contributed by atoms with Gasteiger partial charge in [-0.05, 0) is 51.4 Å². The Hall–Kier alpha value is -3.93. The van der Waals surface area contributed by atoms with Crippen molar-refractivity contribution in [2.24, 2.45) is 0 Å². The summed E-state index contributed by atoms with van der Waals surface area (Å²) in [5.74, 6) is -2.69. The van der Waals surface area contributed by atoms with Crippen molar-refractivity contribution in [1.82, 2.24) is 24.8 Å². The van der Waals surface area contributed by atoms with E-state index in [-0.39, 0.29) is 18.1 Å². The minimum Gasteiger partial charge on any atom is -0.462 e. The summed E-state index contributed by atoms with van der Waals surface area (Å²) < 4.78 is 48.2. The molecule has 3 aromatic rings. The number of rotatable bonds is 7. The SMILES string of the molecule is C=C(F)C(=O)N1CCN(c2nc(OC[C@@H]3CCCN3C)nc3c2CCN(c2cncc4cc(F)c(F)cc24)C3)C[C@@H]1CC. The Labute approximate surface area is 249 Å². The number of pyridine rings is 1. The lowest BCUT2D eigenvalue weighted by Crippen LogP contribution is -2.55. The molecule has 1 aromatic carbocycles. The van der Waals surface area contributed by atoms with E-state index in [9.17, 15) is 18.0 Å². The first-order valence-electron chi connectivity index (χ1n) is 14.8. The third-order valence-corrected chi connectivity index (χ3v) is 8.97. The molecule has 12 heteroatoms. The molecule has 1 amide bonds. The van der Waals surface area contributed by atoms with Gasteiger partial charge in [0, 0.05) is 60.8 Å². The van der Waals surface area contributed by atoms with Crippen molar-refractivity contribution in [3.63, 3.8) is 0 Å². The second-order valence-electron chi connectivity index (χ2n) is 11.6. The number of likely N-dealkylation sites (N-methyl/N-ethyl adjacent to an activating group) is 1. The Morgan fingerprint density at radius 1 is 1.07 bits per heavy atom. The van der Waals surface area contributed by atoms with Gasteiger partial charge in [-0.25, -0.2) is 13.2 Å². The number of carbonyl (C=O) groups excluding carboxylic acids is 1. The molecule has 3 aliphatic heterocycles. The van der Waals surface area contributed by atoms with Gasteiger partial charge in [0.25, 0.3) is 5.91 Å². The minimum absolute atomic E-state index is 0.201. The second kappa shape index (κ2) is 12.0. The Bertz CT molecular complexity index is 1550. The van der Waals surface area contributed by atoms with Crippen LogP contribution in [0.2, 0.25) is 0 Å². The molecule has 0 aliphatic carbocycles. The molecule has 0 unspecified atom stereocenters. The number of hydrogen-bond donors (Lipinski definition) is 0. The van der Waals surface area contributed by atoms with E-state index in [2.05, 4.69) is 33.3 Å². The molecule has 0 spiro atoms. The number of anilines is 2. The van der Waals surface area contributed by atoms with Gasteiger partial charge in [0.1, 0.15) is 12.4 Å². The number of hydrogen-bond acceptors (Lipinski definition) is 8. The number of benzene rings is 1. The summed E-state index contributed by atoms with van der Waals surface area (Å²) >= 11 is 0. The molecule has 2 saturated heterocycles. The number of ether oxygens (including phenoxy) is 1. The molecule has 0 saturated carbocycles. The van der Waals surface area contributed by atoms with Gasteiger partial charge in [-0.15, -0.1) is 0 Å². The van der Waals surface area contributed by atoms with Gasteiger partial charge in [0.05, 0.1) is 24.1 Å². The Balaban J connectivity index is 1.33. The summed E-state index contributed by atoms with van der Waals surface area (Å²) in [4.78, 5) is 34.5. The normalized spacial score (nSPS) is 20.9. The lowest BCUT2D eigenvalue weighted by molar-refractivity contribution is -0.131. The number of amides is 1. The van der Waals surface area contributed by atoms with Gasteiger partial charge in [-0.2, -0.15) is 9.97 Å². The van der Waals surface area contributed by atoms with Crippen LogP contribution in [0.3, 0.4) is 0 Å². The third kappa shape index (κ3) is 5.72. The molecule has 3 aliphatic rings. The number of halogens is 3. The predicted octanol–water partition coefficient (Wildman–Crippen LogP) is 4.25. The van der Waals surface area contributed by atoms with Crippen molar-refractivity contribution in [3.05, 3.63) is 59.8 Å². The van der Waals surface area contributed by atoms with Crippen LogP contribution < -0.4 is 14.5 Å². The molecule has 43 heavy (non-hydrogen) atoms. The van der Waals surface area contributed by atoms with E-state index in [4.69, 9.17) is 14.7 Å². The molecule has 2 aromatic heterocycles. The van der Waals surface area contributed by atoms with Crippen LogP contribution in [0.5, 0.6) is 6.01 Å². The van der Waals surface area contributed by atoms with Gasteiger partial charge in [-0.3, -0.25) is 9.78 Å². The van der Waals surface area contributed by atoms with E-state index in [1.54, 1.807) is 11.1 Å². The molecule has 9 nitrogen and oxygen atoms in total. The van der Waals surface area contributed by atoms with E-state index in [0.29, 0.717) is 68.6 Å². The third-order valence-electron chi connectivity index (χ3n) is 8.97. The maximum absolute atomic E-state index is 14.3. The molecule has 0 radical (unpaired) electrons. The molecular weight excluding hydrogens is 559 g/mol. The van der Waals surface area contributed by atoms with Crippen molar-refractivity contribution in [3.8, 4) is 6.01 Å². The van der Waals surface area contributed by atoms with Crippen LogP contribution in [0.25, 0.3) is 10.8 Å². The van der Waals surface area contributed by atoms with E-state index in [1.165, 1.54) is 12.3 Å². The van der Waals surface area contributed by atoms with Crippen molar-refractivity contribution in [2.75, 3.05) is 56.2 Å². The van der Waals surface area contributed by atoms with E-state index in [1.807, 2.05) is 6.92 Å². The molecule has 2 fully saturated rings. The van der Waals surface area contributed by atoms with Crippen LogP contribution in [0.15, 0.2) is 36.9 Å². The zero-order valence-electron chi connectivity index (χ0n) is 24.5. The van der Waals surface area contributed by atoms with Crippen molar-refractivity contribution < 1.29 is 22.7 Å². The highest BCUT2D eigenvalue weighted by molar-refractivity contribution is 5.93. The van der Waals surface area contributed by atoms with E-state index < -0.39 is 23.4 Å². The zero-order valence-corrected chi connectivity index (χ0v) is 24.5. The molecular formula is C31H36F3N7O2. The summed E-state index contributed by atoms with van der Waals surface area (Å²) in [5, 5.41) is 1.10. The number of likely N-dealkylation sites (tertiary alicyclic amines) is 1. The van der Waals surface area contributed by atoms with Gasteiger partial charge in [-0.1, -0.05) is 13.5 Å². The number of piperazine rings is 1. The van der Waals surface area contributed by atoms with E-state index in [0.717, 1.165) is 42.5 Å². The van der Waals surface area contributed by atoms with Gasteiger partial charge in [0.2, 0.25) is 0 Å².